The predicted molar refractivity (Wildman–Crippen MR) is 70.8 cm³/mol. The summed E-state index contributed by atoms with van der Waals surface area (Å²) in [4.78, 5) is 25.5. The molecule has 1 heterocycles. The highest BCUT2D eigenvalue weighted by molar-refractivity contribution is 5.89. The van der Waals surface area contributed by atoms with Crippen LogP contribution in [0.5, 0.6) is 0 Å². The van der Waals surface area contributed by atoms with Crippen LogP contribution in [-0.4, -0.2) is 41.9 Å². The first-order valence-corrected chi connectivity index (χ1v) is 6.82. The normalized spacial score (nSPS) is 22.3. The molecule has 1 rings (SSSR count). The number of hydrogen-bond donors (Lipinski definition) is 2. The predicted octanol–water partition coefficient (Wildman–Crippen LogP) is 0.487. The van der Waals surface area contributed by atoms with Crippen LogP contribution in [0.2, 0.25) is 0 Å². The third-order valence-corrected chi connectivity index (χ3v) is 3.37. The molecule has 0 aromatic rings. The largest absolute Gasteiger partial charge is 0.368 e. The number of nitrogens with zero attached hydrogens (tertiary/aromatic N) is 1. The second kappa shape index (κ2) is 6.73. The molecule has 104 valence electrons. The maximum atomic E-state index is 12.3. The van der Waals surface area contributed by atoms with Crippen LogP contribution in [-0.2, 0) is 9.59 Å². The molecule has 0 radical (unpaired) electrons. The van der Waals surface area contributed by atoms with E-state index in [1.807, 2.05) is 13.8 Å². The number of primary amides is 1. The lowest BCUT2D eigenvalue weighted by Crippen LogP contribution is -2.58. The Hall–Kier alpha value is -1.10. The third-order valence-electron chi connectivity index (χ3n) is 3.37. The van der Waals surface area contributed by atoms with Gasteiger partial charge >= 0.3 is 0 Å². The summed E-state index contributed by atoms with van der Waals surface area (Å²) in [6.07, 6.45) is 2.76. The number of amides is 2. The molecule has 1 aliphatic rings. The molecular weight excluding hydrogens is 230 g/mol. The molecule has 18 heavy (non-hydrogen) atoms. The number of nitrogens with two attached hydrogens (primary N) is 1. The van der Waals surface area contributed by atoms with Gasteiger partial charge in [0.15, 0.2) is 0 Å². The van der Waals surface area contributed by atoms with E-state index in [9.17, 15) is 9.59 Å². The number of nitrogens with one attached hydrogen (secondary N) is 1. The van der Waals surface area contributed by atoms with Gasteiger partial charge in [0.25, 0.3) is 0 Å². The summed E-state index contributed by atoms with van der Waals surface area (Å²) < 4.78 is 0. The van der Waals surface area contributed by atoms with E-state index in [2.05, 4.69) is 12.2 Å². The summed E-state index contributed by atoms with van der Waals surface area (Å²) in [7, 11) is 0. The van der Waals surface area contributed by atoms with Gasteiger partial charge in [0.05, 0.1) is 6.04 Å². The van der Waals surface area contributed by atoms with Crippen LogP contribution in [0.3, 0.4) is 0 Å². The molecule has 3 N–H and O–H groups in total. The Morgan fingerprint density at radius 3 is 2.72 bits per heavy atom. The minimum absolute atomic E-state index is 0.0206. The number of likely N-dealkylation sites (tertiary alicyclic amines) is 1. The lowest BCUT2D eigenvalue weighted by Gasteiger charge is -2.38. The lowest BCUT2D eigenvalue weighted by molar-refractivity contribution is -0.145. The molecule has 0 aliphatic carbocycles. The lowest BCUT2D eigenvalue weighted by atomic mass is 9.96. The number of piperidine rings is 1. The Morgan fingerprint density at radius 1 is 1.56 bits per heavy atom. The first-order chi connectivity index (χ1) is 8.49. The number of hydrogen-bond acceptors (Lipinski definition) is 3. The third kappa shape index (κ3) is 3.45. The van der Waals surface area contributed by atoms with Crippen molar-refractivity contribution in [1.29, 1.82) is 0 Å². The Morgan fingerprint density at radius 2 is 2.22 bits per heavy atom. The molecule has 1 fully saturated rings. The second-order valence-corrected chi connectivity index (χ2v) is 5.27. The number of carbonyl (C=O) groups is 2. The molecule has 0 spiro atoms. The minimum atomic E-state index is -0.483. The Kier molecular flexibility index (Phi) is 5.59. The molecular formula is C13H25N3O2. The van der Waals surface area contributed by atoms with Crippen molar-refractivity contribution in [2.45, 2.75) is 52.1 Å². The zero-order valence-corrected chi connectivity index (χ0v) is 11.6. The first-order valence-electron chi connectivity index (χ1n) is 6.82. The Balaban J connectivity index is 2.75. The highest BCUT2D eigenvalue weighted by Crippen LogP contribution is 2.19. The molecule has 0 bridgehead atoms. The van der Waals surface area contributed by atoms with E-state index in [1.165, 1.54) is 0 Å². The van der Waals surface area contributed by atoms with Gasteiger partial charge in [-0.2, -0.15) is 0 Å². The molecule has 2 atom stereocenters. The summed E-state index contributed by atoms with van der Waals surface area (Å²) in [5.74, 6) is -0.335. The van der Waals surface area contributed by atoms with Crippen molar-refractivity contribution < 1.29 is 9.59 Å². The quantitative estimate of drug-likeness (QED) is 0.725. The summed E-state index contributed by atoms with van der Waals surface area (Å²) in [5, 5.41) is 3.24. The van der Waals surface area contributed by atoms with Gasteiger partial charge in [-0.1, -0.05) is 20.8 Å². The molecule has 5 heteroatoms. The van der Waals surface area contributed by atoms with Crippen LogP contribution in [0.4, 0.5) is 0 Å². The highest BCUT2D eigenvalue weighted by atomic mass is 16.2. The van der Waals surface area contributed by atoms with Crippen LogP contribution in [0, 0.1) is 5.92 Å². The number of rotatable bonds is 6. The molecule has 2 unspecified atom stereocenters. The Labute approximate surface area is 109 Å². The standard InChI is InChI=1S/C13H25N3O2/c1-4-7-15-10-6-5-8-16(13(10)18)11(9(2)3)12(14)17/h9-11,15H,4-8H2,1-3H3,(H2,14,17). The van der Waals surface area contributed by atoms with Gasteiger partial charge in [-0.25, -0.2) is 0 Å². The van der Waals surface area contributed by atoms with Gasteiger partial charge in [-0.05, 0) is 31.7 Å². The molecule has 2 amide bonds. The van der Waals surface area contributed by atoms with Crippen molar-refractivity contribution in [3.63, 3.8) is 0 Å². The first kappa shape index (κ1) is 15.0. The van der Waals surface area contributed by atoms with E-state index < -0.39 is 11.9 Å². The van der Waals surface area contributed by atoms with Crippen LogP contribution in [0.1, 0.15) is 40.0 Å². The van der Waals surface area contributed by atoms with Crippen molar-refractivity contribution >= 4 is 11.8 Å². The van der Waals surface area contributed by atoms with E-state index in [1.54, 1.807) is 4.90 Å². The smallest absolute Gasteiger partial charge is 0.240 e. The van der Waals surface area contributed by atoms with E-state index >= 15 is 0 Å². The van der Waals surface area contributed by atoms with Crippen molar-refractivity contribution in [1.82, 2.24) is 10.2 Å². The van der Waals surface area contributed by atoms with Crippen LogP contribution < -0.4 is 11.1 Å². The van der Waals surface area contributed by atoms with Crippen LogP contribution in [0.25, 0.3) is 0 Å². The average Bonchev–Trinajstić information content (AvgIpc) is 2.29. The fraction of sp³-hybridized carbons (Fsp3) is 0.846. The summed E-state index contributed by atoms with van der Waals surface area (Å²) in [5.41, 5.74) is 5.42. The zero-order valence-electron chi connectivity index (χ0n) is 11.6. The van der Waals surface area contributed by atoms with Gasteiger partial charge in [0.2, 0.25) is 11.8 Å². The minimum Gasteiger partial charge on any atom is -0.368 e. The SMILES string of the molecule is CCCNC1CCCN(C(C(N)=O)C(C)C)C1=O. The average molecular weight is 255 g/mol. The molecule has 1 aliphatic heterocycles. The molecule has 1 saturated heterocycles. The van der Waals surface area contributed by atoms with Crippen molar-refractivity contribution in [3.8, 4) is 0 Å². The summed E-state index contributed by atoms with van der Waals surface area (Å²) >= 11 is 0. The van der Waals surface area contributed by atoms with E-state index in [0.717, 1.165) is 25.8 Å². The molecule has 0 aromatic heterocycles. The maximum absolute atomic E-state index is 12.3. The van der Waals surface area contributed by atoms with Gasteiger partial charge < -0.3 is 16.0 Å². The summed E-state index contributed by atoms with van der Waals surface area (Å²) in [6.45, 7) is 7.37. The van der Waals surface area contributed by atoms with E-state index in [-0.39, 0.29) is 17.9 Å². The van der Waals surface area contributed by atoms with Gasteiger partial charge in [-0.3, -0.25) is 9.59 Å². The monoisotopic (exact) mass is 255 g/mol. The van der Waals surface area contributed by atoms with Crippen LogP contribution in [0.15, 0.2) is 0 Å². The zero-order chi connectivity index (χ0) is 13.7. The molecule has 0 aromatic carbocycles. The van der Waals surface area contributed by atoms with Crippen molar-refractivity contribution in [3.05, 3.63) is 0 Å². The highest BCUT2D eigenvalue weighted by Gasteiger charge is 2.36. The maximum Gasteiger partial charge on any atom is 0.240 e. The van der Waals surface area contributed by atoms with Gasteiger partial charge in [-0.15, -0.1) is 0 Å². The molecule has 5 nitrogen and oxygen atoms in total. The van der Waals surface area contributed by atoms with Crippen LogP contribution >= 0.6 is 0 Å². The Bertz CT molecular complexity index is 305. The van der Waals surface area contributed by atoms with E-state index in [0.29, 0.717) is 6.54 Å². The summed E-state index contributed by atoms with van der Waals surface area (Å²) in [6, 6.07) is -0.636. The number of carbonyl (C=O) groups excluding carboxylic acids is 2. The fourth-order valence-electron chi connectivity index (χ4n) is 2.53. The van der Waals surface area contributed by atoms with Crippen molar-refractivity contribution in [2.75, 3.05) is 13.1 Å². The topological polar surface area (TPSA) is 75.4 Å². The van der Waals surface area contributed by atoms with Gasteiger partial charge in [0.1, 0.15) is 6.04 Å². The van der Waals surface area contributed by atoms with E-state index in [4.69, 9.17) is 5.73 Å². The molecule has 0 saturated carbocycles. The fourth-order valence-corrected chi connectivity index (χ4v) is 2.53. The second-order valence-electron chi connectivity index (χ2n) is 5.27. The van der Waals surface area contributed by atoms with Crippen molar-refractivity contribution in [2.24, 2.45) is 11.7 Å². The van der Waals surface area contributed by atoms with Gasteiger partial charge in [0, 0.05) is 6.54 Å².